The van der Waals surface area contributed by atoms with Crippen LogP contribution in [0.5, 0.6) is 0 Å². The van der Waals surface area contributed by atoms with Crippen molar-refractivity contribution in [3.05, 3.63) is 0 Å². The van der Waals surface area contributed by atoms with Gasteiger partial charge in [-0.05, 0) is 6.92 Å². The Morgan fingerprint density at radius 1 is 1.30 bits per heavy atom. The predicted octanol–water partition coefficient (Wildman–Crippen LogP) is 1.36. The molecule has 0 bridgehead atoms. The number of likely N-dealkylation sites (N-methyl/N-ethyl adjacent to an activating group) is 1. The fraction of sp³-hybridized carbons (Fsp3) is 1.00. The molecule has 1 unspecified atom stereocenters. The summed E-state index contributed by atoms with van der Waals surface area (Å²) in [6.45, 7) is 3.15. The van der Waals surface area contributed by atoms with Gasteiger partial charge in [0.25, 0.3) is 0 Å². The highest BCUT2D eigenvalue weighted by molar-refractivity contribution is 4.42. The van der Waals surface area contributed by atoms with Crippen molar-refractivity contribution in [2.75, 3.05) is 34.8 Å². The lowest BCUT2D eigenvalue weighted by atomic mass is 10.3. The van der Waals surface area contributed by atoms with E-state index in [0.717, 1.165) is 11.0 Å². The fourth-order valence-corrected chi connectivity index (χ4v) is 0.846. The van der Waals surface area contributed by atoms with Gasteiger partial charge in [0, 0.05) is 7.11 Å². The average molecular weight is 148 g/mol. The highest BCUT2D eigenvalue weighted by Crippen LogP contribution is 1.96. The molecule has 0 aromatic rings. The Morgan fingerprint density at radius 2 is 1.70 bits per heavy atom. The minimum absolute atomic E-state index is 0. The zero-order valence-corrected chi connectivity index (χ0v) is 7.14. The Labute approximate surface area is 65.4 Å². The molecular formula is C8H22NO+. The Kier molecular flexibility index (Phi) is 5.90. The maximum absolute atomic E-state index is 5.11. The van der Waals surface area contributed by atoms with Crippen molar-refractivity contribution in [3.8, 4) is 0 Å². The summed E-state index contributed by atoms with van der Waals surface area (Å²) in [4.78, 5) is 0. The monoisotopic (exact) mass is 148 g/mol. The predicted molar refractivity (Wildman–Crippen MR) is 46.1 cm³/mol. The van der Waals surface area contributed by atoms with Crippen LogP contribution in [-0.2, 0) is 4.74 Å². The summed E-state index contributed by atoms with van der Waals surface area (Å²) >= 11 is 0. The third-order valence-electron chi connectivity index (χ3n) is 1.21. The molecule has 0 amide bonds. The first-order valence-corrected chi connectivity index (χ1v) is 3.29. The van der Waals surface area contributed by atoms with E-state index in [1.807, 2.05) is 0 Å². The SMILES string of the molecule is C.COC(C)C[N+](C)(C)C. The van der Waals surface area contributed by atoms with Crippen LogP contribution >= 0.6 is 0 Å². The van der Waals surface area contributed by atoms with Crippen molar-refractivity contribution in [1.29, 1.82) is 0 Å². The molecule has 0 aromatic heterocycles. The molecule has 0 aliphatic carbocycles. The molecule has 0 aliphatic rings. The smallest absolute Gasteiger partial charge is 0.104 e. The number of hydrogen-bond acceptors (Lipinski definition) is 1. The largest absolute Gasteiger partial charge is 0.376 e. The van der Waals surface area contributed by atoms with Crippen LogP contribution in [0.1, 0.15) is 14.4 Å². The normalized spacial score (nSPS) is 14.1. The van der Waals surface area contributed by atoms with E-state index >= 15 is 0 Å². The van der Waals surface area contributed by atoms with Crippen molar-refractivity contribution < 1.29 is 9.22 Å². The first-order valence-electron chi connectivity index (χ1n) is 3.29. The molecule has 0 spiro atoms. The van der Waals surface area contributed by atoms with Gasteiger partial charge < -0.3 is 9.22 Å². The number of methoxy groups -OCH3 is 1. The molecule has 0 saturated heterocycles. The lowest BCUT2D eigenvalue weighted by Gasteiger charge is -2.26. The topological polar surface area (TPSA) is 9.23 Å². The molecule has 2 heteroatoms. The number of hydrogen-bond donors (Lipinski definition) is 0. The Bertz CT molecular complexity index is 75.8. The zero-order valence-electron chi connectivity index (χ0n) is 7.14. The summed E-state index contributed by atoms with van der Waals surface area (Å²) in [5.74, 6) is 0. The molecular weight excluding hydrogens is 126 g/mol. The minimum Gasteiger partial charge on any atom is -0.376 e. The van der Waals surface area contributed by atoms with Crippen molar-refractivity contribution in [2.24, 2.45) is 0 Å². The molecule has 0 saturated carbocycles. The fourth-order valence-electron chi connectivity index (χ4n) is 0.846. The van der Waals surface area contributed by atoms with Crippen LogP contribution in [0.25, 0.3) is 0 Å². The number of quaternary nitrogens is 1. The highest BCUT2D eigenvalue weighted by atomic mass is 16.5. The summed E-state index contributed by atoms with van der Waals surface area (Å²) in [5.41, 5.74) is 0. The van der Waals surface area contributed by atoms with E-state index in [4.69, 9.17) is 4.74 Å². The zero-order chi connectivity index (χ0) is 7.49. The lowest BCUT2D eigenvalue weighted by molar-refractivity contribution is -0.873. The first-order chi connectivity index (χ1) is 3.95. The Morgan fingerprint density at radius 3 is 1.80 bits per heavy atom. The molecule has 2 nitrogen and oxygen atoms in total. The van der Waals surface area contributed by atoms with Gasteiger partial charge in [0.1, 0.15) is 12.6 Å². The highest BCUT2D eigenvalue weighted by Gasteiger charge is 2.11. The van der Waals surface area contributed by atoms with Crippen LogP contribution in [0.15, 0.2) is 0 Å². The van der Waals surface area contributed by atoms with Gasteiger partial charge in [-0.15, -0.1) is 0 Å². The van der Waals surface area contributed by atoms with E-state index in [0.29, 0.717) is 6.10 Å². The van der Waals surface area contributed by atoms with E-state index in [1.165, 1.54) is 0 Å². The Balaban J connectivity index is 0. The molecule has 0 aliphatic heterocycles. The van der Waals surface area contributed by atoms with Gasteiger partial charge in [-0.3, -0.25) is 0 Å². The van der Waals surface area contributed by atoms with Crippen LogP contribution in [-0.4, -0.2) is 45.4 Å². The quantitative estimate of drug-likeness (QED) is 0.549. The second kappa shape index (κ2) is 4.69. The van der Waals surface area contributed by atoms with Crippen LogP contribution < -0.4 is 0 Å². The average Bonchev–Trinajstić information content (AvgIpc) is 1.62. The number of rotatable bonds is 3. The van der Waals surface area contributed by atoms with Gasteiger partial charge in [-0.25, -0.2) is 0 Å². The summed E-state index contributed by atoms with van der Waals surface area (Å²) in [7, 11) is 8.24. The van der Waals surface area contributed by atoms with E-state index in [9.17, 15) is 0 Å². The second-order valence-corrected chi connectivity index (χ2v) is 3.52. The standard InChI is InChI=1S/C7H18NO.CH4/c1-7(9-5)6-8(2,3)4;/h7H,6H2,1-5H3;1H4/q+1;. The van der Waals surface area contributed by atoms with Gasteiger partial charge in [0.05, 0.1) is 21.1 Å². The second-order valence-electron chi connectivity index (χ2n) is 3.52. The molecule has 0 N–H and O–H groups in total. The van der Waals surface area contributed by atoms with E-state index in [1.54, 1.807) is 7.11 Å². The third-order valence-corrected chi connectivity index (χ3v) is 1.21. The number of ether oxygens (including phenoxy) is 1. The third kappa shape index (κ3) is 7.92. The van der Waals surface area contributed by atoms with Crippen LogP contribution in [0.4, 0.5) is 0 Å². The maximum atomic E-state index is 5.11. The summed E-state index contributed by atoms with van der Waals surface area (Å²) in [5, 5.41) is 0. The molecule has 0 radical (unpaired) electrons. The van der Waals surface area contributed by atoms with Gasteiger partial charge in [0.15, 0.2) is 0 Å². The van der Waals surface area contributed by atoms with Gasteiger partial charge >= 0.3 is 0 Å². The van der Waals surface area contributed by atoms with Crippen molar-refractivity contribution >= 4 is 0 Å². The Hall–Kier alpha value is -0.0800. The van der Waals surface area contributed by atoms with Gasteiger partial charge in [-0.2, -0.15) is 0 Å². The van der Waals surface area contributed by atoms with Crippen LogP contribution in [0.3, 0.4) is 0 Å². The van der Waals surface area contributed by atoms with Crippen LogP contribution in [0, 0.1) is 0 Å². The molecule has 10 heavy (non-hydrogen) atoms. The molecule has 0 heterocycles. The molecule has 0 rings (SSSR count). The lowest BCUT2D eigenvalue weighted by Crippen LogP contribution is -2.40. The van der Waals surface area contributed by atoms with Crippen molar-refractivity contribution in [2.45, 2.75) is 20.5 Å². The van der Waals surface area contributed by atoms with Crippen molar-refractivity contribution in [3.63, 3.8) is 0 Å². The van der Waals surface area contributed by atoms with E-state index in [2.05, 4.69) is 28.1 Å². The first kappa shape index (κ1) is 12.6. The minimum atomic E-state index is 0. The van der Waals surface area contributed by atoms with E-state index in [-0.39, 0.29) is 7.43 Å². The molecule has 0 fully saturated rings. The molecule has 0 aromatic carbocycles. The molecule has 1 atom stereocenters. The summed E-state index contributed by atoms with van der Waals surface area (Å²) in [6.07, 6.45) is 0.366. The summed E-state index contributed by atoms with van der Waals surface area (Å²) in [6, 6.07) is 0. The van der Waals surface area contributed by atoms with Gasteiger partial charge in [-0.1, -0.05) is 7.43 Å². The number of nitrogens with zero attached hydrogens (tertiary/aromatic N) is 1. The maximum Gasteiger partial charge on any atom is 0.104 e. The van der Waals surface area contributed by atoms with E-state index < -0.39 is 0 Å². The summed E-state index contributed by atoms with van der Waals surface area (Å²) < 4.78 is 6.08. The van der Waals surface area contributed by atoms with Crippen molar-refractivity contribution in [1.82, 2.24) is 0 Å². The van der Waals surface area contributed by atoms with Crippen LogP contribution in [0.2, 0.25) is 0 Å². The molecule has 64 valence electrons. The van der Waals surface area contributed by atoms with Gasteiger partial charge in [0.2, 0.25) is 0 Å².